The van der Waals surface area contributed by atoms with Crippen LogP contribution in [0.5, 0.6) is 0 Å². The highest BCUT2D eigenvalue weighted by Gasteiger charge is 2.66. The van der Waals surface area contributed by atoms with E-state index in [4.69, 9.17) is 0 Å². The maximum Gasteiger partial charge on any atom is 0.330 e. The monoisotopic (exact) mass is 435 g/mol. The zero-order chi connectivity index (χ0) is 22.9. The molecule has 6 atom stereocenters. The second-order valence-electron chi connectivity index (χ2n) is 11.5. The highest BCUT2D eigenvalue weighted by Crippen LogP contribution is 2.70. The van der Waals surface area contributed by atoms with Crippen LogP contribution >= 0.6 is 0 Å². The first-order valence-corrected chi connectivity index (χ1v) is 12.3. The van der Waals surface area contributed by atoms with E-state index < -0.39 is 5.97 Å². The predicted molar refractivity (Wildman–Crippen MR) is 128 cm³/mol. The Morgan fingerprint density at radius 2 is 1.94 bits per heavy atom. The van der Waals surface area contributed by atoms with Crippen LogP contribution in [0, 0.1) is 22.7 Å². The summed E-state index contributed by atoms with van der Waals surface area (Å²) >= 11 is 0. The SMILES string of the molecule is C/C(=C\CC[C@]1(C)[C@@H](O)CC[C@@]2(C)[C@H]1CC[C@H]1Cc3c([nH]c4ccccc34)[C@@]12C)C(=O)O. The van der Waals surface area contributed by atoms with E-state index in [0.717, 1.165) is 32.1 Å². The summed E-state index contributed by atoms with van der Waals surface area (Å²) < 4.78 is 0. The van der Waals surface area contributed by atoms with Gasteiger partial charge in [-0.25, -0.2) is 4.79 Å². The van der Waals surface area contributed by atoms with Gasteiger partial charge in [-0.05, 0) is 86.2 Å². The Kier molecular flexibility index (Phi) is 4.91. The van der Waals surface area contributed by atoms with Gasteiger partial charge in [-0.15, -0.1) is 0 Å². The molecular formula is C28H37NO3. The number of aromatic nitrogens is 1. The number of hydrogen-bond acceptors (Lipinski definition) is 2. The minimum absolute atomic E-state index is 0.0679. The van der Waals surface area contributed by atoms with E-state index in [1.807, 2.05) is 6.08 Å². The summed E-state index contributed by atoms with van der Waals surface area (Å²) in [5.41, 5.74) is 4.57. The van der Waals surface area contributed by atoms with Crippen molar-refractivity contribution in [3.05, 3.63) is 47.2 Å². The normalized spacial score (nSPS) is 38.9. The Hall–Kier alpha value is -2.07. The summed E-state index contributed by atoms with van der Waals surface area (Å²) in [6, 6.07) is 8.71. The van der Waals surface area contributed by atoms with E-state index in [9.17, 15) is 15.0 Å². The number of H-pyrrole nitrogens is 1. The number of allylic oxidation sites excluding steroid dienone is 1. The molecule has 0 saturated heterocycles. The number of aromatic amines is 1. The lowest BCUT2D eigenvalue weighted by atomic mass is 9.40. The van der Waals surface area contributed by atoms with Crippen molar-refractivity contribution in [1.29, 1.82) is 0 Å². The molecule has 3 aliphatic carbocycles. The minimum Gasteiger partial charge on any atom is -0.478 e. The molecular weight excluding hydrogens is 398 g/mol. The number of carbonyl (C=O) groups is 1. The van der Waals surface area contributed by atoms with Crippen molar-refractivity contribution >= 4 is 16.9 Å². The number of fused-ring (bicyclic) bond motifs is 7. The van der Waals surface area contributed by atoms with Crippen molar-refractivity contribution in [3.8, 4) is 0 Å². The molecule has 172 valence electrons. The molecule has 3 aliphatic rings. The quantitative estimate of drug-likeness (QED) is 0.517. The molecule has 4 nitrogen and oxygen atoms in total. The molecule has 1 heterocycles. The lowest BCUT2D eigenvalue weighted by Crippen LogP contribution is -2.62. The largest absolute Gasteiger partial charge is 0.478 e. The third-order valence-electron chi connectivity index (χ3n) is 10.3. The van der Waals surface area contributed by atoms with Crippen LogP contribution in [0.4, 0.5) is 0 Å². The first-order chi connectivity index (χ1) is 15.1. The van der Waals surface area contributed by atoms with Gasteiger partial charge < -0.3 is 15.2 Å². The van der Waals surface area contributed by atoms with Crippen molar-refractivity contribution in [2.45, 2.75) is 84.2 Å². The van der Waals surface area contributed by atoms with Crippen LogP contribution in [-0.2, 0) is 16.6 Å². The van der Waals surface area contributed by atoms with Crippen molar-refractivity contribution in [2.75, 3.05) is 0 Å². The minimum atomic E-state index is -0.852. The number of aliphatic hydroxyl groups is 1. The van der Waals surface area contributed by atoms with Gasteiger partial charge in [0.05, 0.1) is 6.10 Å². The molecule has 0 unspecified atom stereocenters. The van der Waals surface area contributed by atoms with Crippen molar-refractivity contribution in [3.63, 3.8) is 0 Å². The van der Waals surface area contributed by atoms with Gasteiger partial charge in [-0.1, -0.05) is 45.0 Å². The van der Waals surface area contributed by atoms with E-state index in [2.05, 4.69) is 50.0 Å². The van der Waals surface area contributed by atoms with Crippen LogP contribution in [0.15, 0.2) is 35.9 Å². The highest BCUT2D eigenvalue weighted by atomic mass is 16.4. The third-order valence-corrected chi connectivity index (χ3v) is 10.3. The molecule has 4 heteroatoms. The summed E-state index contributed by atoms with van der Waals surface area (Å²) in [4.78, 5) is 15.1. The fourth-order valence-corrected chi connectivity index (χ4v) is 8.22. The van der Waals surface area contributed by atoms with Crippen LogP contribution in [0.3, 0.4) is 0 Å². The maximum absolute atomic E-state index is 11.2. The third kappa shape index (κ3) is 2.74. The van der Waals surface area contributed by atoms with Crippen molar-refractivity contribution in [1.82, 2.24) is 4.98 Å². The Labute approximate surface area is 191 Å². The summed E-state index contributed by atoms with van der Waals surface area (Å²) in [6.45, 7) is 8.92. The van der Waals surface area contributed by atoms with Crippen LogP contribution in [-0.4, -0.2) is 27.3 Å². The number of carboxylic acids is 1. The summed E-state index contributed by atoms with van der Waals surface area (Å²) in [5.74, 6) is 0.202. The summed E-state index contributed by atoms with van der Waals surface area (Å²) in [6.07, 6.45) is 8.40. The summed E-state index contributed by atoms with van der Waals surface area (Å²) in [5, 5.41) is 21.9. The van der Waals surface area contributed by atoms with E-state index in [-0.39, 0.29) is 22.3 Å². The van der Waals surface area contributed by atoms with Gasteiger partial charge in [0.1, 0.15) is 0 Å². The standard InChI is InChI=1S/C28H37NO3/c1-17(25(31)32)8-7-14-26(2)22-12-11-18-16-20-19-9-5-6-10-21(19)29-24(20)28(18,4)27(22,3)15-13-23(26)30/h5-6,8-10,18,22-23,29-30H,7,11-16H2,1-4H3,(H,31,32)/b17-8+/t18-,22-,23-,26-,27-,28+/m0/s1. The van der Waals surface area contributed by atoms with Gasteiger partial charge in [0, 0.05) is 27.6 Å². The van der Waals surface area contributed by atoms with E-state index in [0.29, 0.717) is 23.8 Å². The number of aliphatic hydroxyl groups excluding tert-OH is 1. The molecule has 0 aliphatic heterocycles. The van der Waals surface area contributed by atoms with Gasteiger partial charge in [0.25, 0.3) is 0 Å². The molecule has 2 aromatic rings. The Morgan fingerprint density at radius 1 is 1.19 bits per heavy atom. The van der Waals surface area contributed by atoms with Gasteiger partial charge in [0.2, 0.25) is 0 Å². The number of nitrogens with one attached hydrogen (secondary N) is 1. The van der Waals surface area contributed by atoms with Crippen molar-refractivity contribution in [2.24, 2.45) is 22.7 Å². The molecule has 2 fully saturated rings. The van der Waals surface area contributed by atoms with Gasteiger partial charge in [-0.3, -0.25) is 0 Å². The average molecular weight is 436 g/mol. The molecule has 2 saturated carbocycles. The Bertz CT molecular complexity index is 1100. The number of rotatable bonds is 4. The number of aliphatic carboxylic acids is 1. The molecule has 32 heavy (non-hydrogen) atoms. The van der Waals surface area contributed by atoms with Crippen LogP contribution in [0.2, 0.25) is 0 Å². The lowest BCUT2D eigenvalue weighted by Gasteiger charge is -2.65. The van der Waals surface area contributed by atoms with Crippen molar-refractivity contribution < 1.29 is 15.0 Å². The number of para-hydroxylation sites is 1. The number of hydrogen-bond donors (Lipinski definition) is 3. The molecule has 3 N–H and O–H groups in total. The molecule has 5 rings (SSSR count). The van der Waals surface area contributed by atoms with E-state index in [1.165, 1.54) is 28.6 Å². The second kappa shape index (κ2) is 7.21. The topological polar surface area (TPSA) is 73.3 Å². The Morgan fingerprint density at radius 3 is 2.69 bits per heavy atom. The predicted octanol–water partition coefficient (Wildman–Crippen LogP) is 5.99. The Balaban J connectivity index is 1.55. The van der Waals surface area contributed by atoms with Crippen LogP contribution in [0.1, 0.15) is 77.5 Å². The second-order valence-corrected chi connectivity index (χ2v) is 11.5. The van der Waals surface area contributed by atoms with Gasteiger partial charge in [0.15, 0.2) is 0 Å². The fraction of sp³-hybridized carbons (Fsp3) is 0.607. The number of carboxylic acid groups (broad SMARTS) is 1. The number of benzene rings is 1. The van der Waals surface area contributed by atoms with E-state index in [1.54, 1.807) is 6.92 Å². The fourth-order valence-electron chi connectivity index (χ4n) is 8.22. The zero-order valence-electron chi connectivity index (χ0n) is 19.9. The van der Waals surface area contributed by atoms with Crippen LogP contribution < -0.4 is 0 Å². The van der Waals surface area contributed by atoms with Crippen LogP contribution in [0.25, 0.3) is 10.9 Å². The van der Waals surface area contributed by atoms with Gasteiger partial charge in [-0.2, -0.15) is 0 Å². The smallest absolute Gasteiger partial charge is 0.330 e. The maximum atomic E-state index is 11.2. The van der Waals surface area contributed by atoms with Gasteiger partial charge >= 0.3 is 5.97 Å². The molecule has 1 aromatic heterocycles. The highest BCUT2D eigenvalue weighted by molar-refractivity contribution is 5.86. The molecule has 0 amide bonds. The first-order valence-electron chi connectivity index (χ1n) is 12.3. The van der Waals surface area contributed by atoms with E-state index >= 15 is 0 Å². The zero-order valence-corrected chi connectivity index (χ0v) is 19.9. The molecule has 0 spiro atoms. The first kappa shape index (κ1) is 21.8. The summed E-state index contributed by atoms with van der Waals surface area (Å²) in [7, 11) is 0. The average Bonchev–Trinajstić information content (AvgIpc) is 3.26. The molecule has 0 bridgehead atoms. The lowest BCUT2D eigenvalue weighted by molar-refractivity contribution is -0.166. The molecule has 1 aromatic carbocycles. The molecule has 0 radical (unpaired) electrons.